The molecule has 0 heterocycles. The first-order chi connectivity index (χ1) is 5.45. The molecule has 0 radical (unpaired) electrons. The van der Waals surface area contributed by atoms with Gasteiger partial charge in [0.05, 0.1) is 0 Å². The Hall–Kier alpha value is -0.370. The Labute approximate surface area is 75.5 Å². The van der Waals surface area contributed by atoms with Gasteiger partial charge in [-0.25, -0.2) is 0 Å². The molecule has 0 saturated carbocycles. The van der Waals surface area contributed by atoms with E-state index in [0.29, 0.717) is 5.78 Å². The molecule has 0 aliphatic carbocycles. The Bertz CT molecular complexity index is 141. The molecule has 0 saturated heterocycles. The van der Waals surface area contributed by atoms with Crippen molar-refractivity contribution >= 4 is 5.78 Å². The van der Waals surface area contributed by atoms with Crippen molar-refractivity contribution in [2.75, 3.05) is 0 Å². The lowest BCUT2D eigenvalue weighted by atomic mass is 9.92. The monoisotopic (exact) mass is 171 g/mol. The topological polar surface area (TPSA) is 43.1 Å². The van der Waals surface area contributed by atoms with Crippen LogP contribution in [0, 0.1) is 11.8 Å². The van der Waals surface area contributed by atoms with Gasteiger partial charge in [-0.15, -0.1) is 0 Å². The molecule has 0 rings (SSSR count). The number of rotatable bonds is 5. The molecule has 0 aromatic carbocycles. The van der Waals surface area contributed by atoms with Crippen LogP contribution in [0.2, 0.25) is 0 Å². The number of Topliss-reactive ketones (excluding diaryl/α,β-unsaturated/α-hetero) is 1. The third kappa shape index (κ3) is 4.50. The Kier molecular flexibility index (Phi) is 5.14. The molecule has 0 amide bonds. The largest absolute Gasteiger partial charge is 0.328 e. The first-order valence-corrected chi connectivity index (χ1v) is 4.74. The van der Waals surface area contributed by atoms with E-state index in [-0.39, 0.29) is 17.9 Å². The number of carbonyl (C=O) groups is 1. The molecule has 2 nitrogen and oxygen atoms in total. The van der Waals surface area contributed by atoms with Crippen molar-refractivity contribution in [3.63, 3.8) is 0 Å². The summed E-state index contributed by atoms with van der Waals surface area (Å²) >= 11 is 0. The highest BCUT2D eigenvalue weighted by molar-refractivity contribution is 5.82. The van der Waals surface area contributed by atoms with Crippen molar-refractivity contribution < 1.29 is 4.79 Å². The van der Waals surface area contributed by atoms with E-state index >= 15 is 0 Å². The maximum absolute atomic E-state index is 11.4. The number of hydrogen-bond donors (Lipinski definition) is 1. The van der Waals surface area contributed by atoms with Gasteiger partial charge < -0.3 is 5.73 Å². The average molecular weight is 171 g/mol. The summed E-state index contributed by atoms with van der Waals surface area (Å²) in [5.41, 5.74) is 5.61. The van der Waals surface area contributed by atoms with Gasteiger partial charge >= 0.3 is 0 Å². The minimum atomic E-state index is 0.160. The highest BCUT2D eigenvalue weighted by Gasteiger charge is 2.16. The molecule has 2 N–H and O–H groups in total. The Balaban J connectivity index is 3.72. The third-order valence-electron chi connectivity index (χ3n) is 2.11. The lowest BCUT2D eigenvalue weighted by Gasteiger charge is -2.13. The normalized spacial score (nSPS) is 16.2. The van der Waals surface area contributed by atoms with E-state index in [1.807, 2.05) is 27.7 Å². The van der Waals surface area contributed by atoms with Gasteiger partial charge in [0.1, 0.15) is 5.78 Å². The van der Waals surface area contributed by atoms with Crippen LogP contribution in [0.1, 0.15) is 40.5 Å². The highest BCUT2D eigenvalue weighted by Crippen LogP contribution is 2.13. The van der Waals surface area contributed by atoms with E-state index in [1.165, 1.54) is 0 Å². The molecule has 0 spiro atoms. The molecule has 0 bridgehead atoms. The van der Waals surface area contributed by atoms with Gasteiger partial charge in [-0.2, -0.15) is 0 Å². The molecule has 12 heavy (non-hydrogen) atoms. The fourth-order valence-electron chi connectivity index (χ4n) is 1.22. The summed E-state index contributed by atoms with van der Waals surface area (Å²) < 4.78 is 0. The second kappa shape index (κ2) is 5.31. The Morgan fingerprint density at radius 3 is 2.00 bits per heavy atom. The van der Waals surface area contributed by atoms with Crippen molar-refractivity contribution in [3.05, 3.63) is 0 Å². The van der Waals surface area contributed by atoms with Crippen molar-refractivity contribution in [2.45, 2.75) is 46.6 Å². The van der Waals surface area contributed by atoms with Crippen LogP contribution in [0.4, 0.5) is 0 Å². The number of carbonyl (C=O) groups excluding carboxylic acids is 1. The van der Waals surface area contributed by atoms with Gasteiger partial charge in [-0.05, 0) is 19.8 Å². The molecular weight excluding hydrogens is 150 g/mol. The van der Waals surface area contributed by atoms with Crippen LogP contribution in [0.3, 0.4) is 0 Å². The second-order valence-corrected chi connectivity index (χ2v) is 4.01. The van der Waals surface area contributed by atoms with Crippen molar-refractivity contribution in [2.24, 2.45) is 17.6 Å². The van der Waals surface area contributed by atoms with Crippen LogP contribution < -0.4 is 5.73 Å². The third-order valence-corrected chi connectivity index (χ3v) is 2.11. The van der Waals surface area contributed by atoms with Crippen LogP contribution in [-0.2, 0) is 4.79 Å². The molecule has 2 unspecified atom stereocenters. The summed E-state index contributed by atoms with van der Waals surface area (Å²) in [6.07, 6.45) is 1.87. The molecule has 2 heteroatoms. The predicted octanol–water partition coefficient (Wildman–Crippen LogP) is 1.98. The molecule has 0 fully saturated rings. The van der Waals surface area contributed by atoms with Crippen LogP contribution in [0.25, 0.3) is 0 Å². The summed E-state index contributed by atoms with van der Waals surface area (Å²) in [7, 11) is 0. The molecule has 0 aliphatic rings. The van der Waals surface area contributed by atoms with E-state index in [2.05, 4.69) is 0 Å². The number of nitrogens with two attached hydrogens (primary N) is 1. The van der Waals surface area contributed by atoms with E-state index < -0.39 is 0 Å². The summed E-state index contributed by atoms with van der Waals surface area (Å²) in [4.78, 5) is 11.4. The molecule has 0 aromatic heterocycles. The summed E-state index contributed by atoms with van der Waals surface area (Å²) in [6.45, 7) is 7.87. The zero-order valence-electron chi connectivity index (χ0n) is 8.63. The van der Waals surface area contributed by atoms with Crippen molar-refractivity contribution in [1.29, 1.82) is 0 Å². The number of ketones is 1. The van der Waals surface area contributed by atoms with Gasteiger partial charge in [0.2, 0.25) is 0 Å². The SMILES string of the molecule is CC(N)CCC(C)C(=O)C(C)C. The summed E-state index contributed by atoms with van der Waals surface area (Å²) in [5, 5.41) is 0. The first-order valence-electron chi connectivity index (χ1n) is 4.74. The van der Waals surface area contributed by atoms with Gasteiger partial charge in [0.25, 0.3) is 0 Å². The second-order valence-electron chi connectivity index (χ2n) is 4.01. The van der Waals surface area contributed by atoms with Gasteiger partial charge in [0.15, 0.2) is 0 Å². The van der Waals surface area contributed by atoms with Crippen LogP contribution in [0.5, 0.6) is 0 Å². The zero-order chi connectivity index (χ0) is 9.72. The average Bonchev–Trinajstić information content (AvgIpc) is 1.98. The molecule has 0 aromatic rings. The fourth-order valence-corrected chi connectivity index (χ4v) is 1.22. The van der Waals surface area contributed by atoms with E-state index in [1.54, 1.807) is 0 Å². The van der Waals surface area contributed by atoms with Crippen molar-refractivity contribution in [3.8, 4) is 0 Å². The summed E-state index contributed by atoms with van der Waals surface area (Å²) in [5.74, 6) is 0.694. The number of hydrogen-bond acceptors (Lipinski definition) is 2. The lowest BCUT2D eigenvalue weighted by Crippen LogP contribution is -2.21. The predicted molar refractivity (Wildman–Crippen MR) is 51.9 cm³/mol. The van der Waals surface area contributed by atoms with Gasteiger partial charge in [-0.3, -0.25) is 4.79 Å². The van der Waals surface area contributed by atoms with Crippen LogP contribution in [0.15, 0.2) is 0 Å². The van der Waals surface area contributed by atoms with E-state index in [9.17, 15) is 4.79 Å². The Morgan fingerprint density at radius 2 is 1.67 bits per heavy atom. The maximum atomic E-state index is 11.4. The minimum Gasteiger partial charge on any atom is -0.328 e. The fraction of sp³-hybridized carbons (Fsp3) is 0.900. The molecule has 72 valence electrons. The lowest BCUT2D eigenvalue weighted by molar-refractivity contribution is -0.125. The molecule has 0 aliphatic heterocycles. The standard InChI is InChI=1S/C10H21NO/c1-7(2)10(12)8(3)5-6-9(4)11/h7-9H,5-6,11H2,1-4H3. The van der Waals surface area contributed by atoms with E-state index in [4.69, 9.17) is 5.73 Å². The zero-order valence-corrected chi connectivity index (χ0v) is 8.63. The summed E-state index contributed by atoms with van der Waals surface area (Å²) in [6, 6.07) is 0.215. The van der Waals surface area contributed by atoms with Crippen LogP contribution in [-0.4, -0.2) is 11.8 Å². The minimum absolute atomic E-state index is 0.160. The molecular formula is C10H21NO. The maximum Gasteiger partial charge on any atom is 0.138 e. The molecule has 2 atom stereocenters. The van der Waals surface area contributed by atoms with Gasteiger partial charge in [-0.1, -0.05) is 20.8 Å². The van der Waals surface area contributed by atoms with E-state index in [0.717, 1.165) is 12.8 Å². The Morgan fingerprint density at radius 1 is 1.17 bits per heavy atom. The smallest absolute Gasteiger partial charge is 0.138 e. The quantitative estimate of drug-likeness (QED) is 0.687. The van der Waals surface area contributed by atoms with Gasteiger partial charge in [0, 0.05) is 17.9 Å². The van der Waals surface area contributed by atoms with Crippen molar-refractivity contribution in [1.82, 2.24) is 0 Å². The highest BCUT2D eigenvalue weighted by atomic mass is 16.1. The van der Waals surface area contributed by atoms with Crippen LogP contribution >= 0.6 is 0 Å². The first kappa shape index (κ1) is 11.6.